The molecule has 0 amide bonds. The molecule has 112 valence electrons. The zero-order valence-electron chi connectivity index (χ0n) is 12.7. The first-order chi connectivity index (χ1) is 9.47. The largest absolute Gasteiger partial charge is 0.398 e. The molecule has 0 saturated heterocycles. The smallest absolute Gasteiger partial charge is 0.0721 e. The standard InChI is InChI=1S/C17H26BrNO/c1-11(2)14-6-4-12(3)8-17(14)20-10-13-5-7-15(18)16(19)9-13/h5,7,9,11-12,14,17H,4,6,8,10,19H2,1-3H3. The molecule has 3 unspecified atom stereocenters. The van der Waals surface area contributed by atoms with Crippen LogP contribution in [-0.4, -0.2) is 6.10 Å². The Morgan fingerprint density at radius 3 is 2.75 bits per heavy atom. The molecule has 1 aliphatic rings. The third-order valence-corrected chi connectivity index (χ3v) is 5.21. The molecule has 1 aromatic carbocycles. The van der Waals surface area contributed by atoms with E-state index in [2.05, 4.69) is 42.8 Å². The van der Waals surface area contributed by atoms with Crippen LogP contribution >= 0.6 is 15.9 Å². The van der Waals surface area contributed by atoms with Gasteiger partial charge in [-0.3, -0.25) is 0 Å². The number of ether oxygens (including phenoxy) is 1. The van der Waals surface area contributed by atoms with Gasteiger partial charge in [0.1, 0.15) is 0 Å². The lowest BCUT2D eigenvalue weighted by molar-refractivity contribution is -0.0472. The van der Waals surface area contributed by atoms with E-state index >= 15 is 0 Å². The average molecular weight is 340 g/mol. The molecule has 0 aliphatic heterocycles. The Morgan fingerprint density at radius 2 is 2.10 bits per heavy atom. The van der Waals surface area contributed by atoms with Crippen molar-refractivity contribution in [2.24, 2.45) is 17.8 Å². The molecule has 1 fully saturated rings. The average Bonchev–Trinajstić information content (AvgIpc) is 2.40. The molecule has 3 heteroatoms. The molecule has 2 nitrogen and oxygen atoms in total. The summed E-state index contributed by atoms with van der Waals surface area (Å²) in [6, 6.07) is 6.08. The molecule has 20 heavy (non-hydrogen) atoms. The van der Waals surface area contributed by atoms with Crippen LogP contribution in [0.3, 0.4) is 0 Å². The number of rotatable bonds is 4. The minimum absolute atomic E-state index is 0.392. The third-order valence-electron chi connectivity index (χ3n) is 4.49. The zero-order valence-corrected chi connectivity index (χ0v) is 14.3. The fraction of sp³-hybridized carbons (Fsp3) is 0.647. The first-order valence-corrected chi connectivity index (χ1v) is 8.42. The number of hydrogen-bond acceptors (Lipinski definition) is 2. The molecule has 1 aromatic rings. The highest BCUT2D eigenvalue weighted by Crippen LogP contribution is 2.35. The highest BCUT2D eigenvalue weighted by molar-refractivity contribution is 9.10. The van der Waals surface area contributed by atoms with Gasteiger partial charge in [-0.25, -0.2) is 0 Å². The summed E-state index contributed by atoms with van der Waals surface area (Å²) in [5, 5.41) is 0. The van der Waals surface area contributed by atoms with E-state index in [1.54, 1.807) is 0 Å². The van der Waals surface area contributed by atoms with Crippen molar-refractivity contribution >= 4 is 21.6 Å². The molecule has 1 saturated carbocycles. The summed E-state index contributed by atoms with van der Waals surface area (Å²) in [6.45, 7) is 7.63. The predicted octanol–water partition coefficient (Wildman–Crippen LogP) is 5.01. The molecule has 0 bridgehead atoms. The second-order valence-corrected chi connectivity index (χ2v) is 7.39. The van der Waals surface area contributed by atoms with Crippen molar-refractivity contribution in [1.29, 1.82) is 0 Å². The van der Waals surface area contributed by atoms with Crippen LogP contribution in [0.2, 0.25) is 0 Å². The van der Waals surface area contributed by atoms with Gasteiger partial charge in [-0.05, 0) is 64.2 Å². The van der Waals surface area contributed by atoms with Gasteiger partial charge in [0.05, 0.1) is 12.7 Å². The summed E-state index contributed by atoms with van der Waals surface area (Å²) < 4.78 is 7.19. The van der Waals surface area contributed by atoms with Gasteiger partial charge in [0.2, 0.25) is 0 Å². The quantitative estimate of drug-likeness (QED) is 0.782. The van der Waals surface area contributed by atoms with Crippen molar-refractivity contribution in [3.8, 4) is 0 Å². The first kappa shape index (κ1) is 15.8. The number of nitrogens with two attached hydrogens (primary N) is 1. The van der Waals surface area contributed by atoms with Crippen molar-refractivity contribution < 1.29 is 4.74 Å². The van der Waals surface area contributed by atoms with Gasteiger partial charge >= 0.3 is 0 Å². The van der Waals surface area contributed by atoms with Crippen LogP contribution in [0.4, 0.5) is 5.69 Å². The fourth-order valence-electron chi connectivity index (χ4n) is 3.19. The lowest BCUT2D eigenvalue weighted by atomic mass is 9.75. The Bertz CT molecular complexity index is 447. The Hall–Kier alpha value is -0.540. The number of nitrogen functional groups attached to an aromatic ring is 1. The predicted molar refractivity (Wildman–Crippen MR) is 88.5 cm³/mol. The third kappa shape index (κ3) is 3.98. The molecule has 1 aliphatic carbocycles. The zero-order chi connectivity index (χ0) is 14.7. The van der Waals surface area contributed by atoms with Gasteiger partial charge in [-0.2, -0.15) is 0 Å². The van der Waals surface area contributed by atoms with E-state index in [9.17, 15) is 0 Å². The van der Waals surface area contributed by atoms with Gasteiger partial charge in [-0.1, -0.05) is 33.3 Å². The summed E-state index contributed by atoms with van der Waals surface area (Å²) in [6.07, 6.45) is 4.22. The van der Waals surface area contributed by atoms with Crippen LogP contribution in [0, 0.1) is 17.8 Å². The maximum Gasteiger partial charge on any atom is 0.0721 e. The molecule has 3 atom stereocenters. The van der Waals surface area contributed by atoms with Gasteiger partial charge < -0.3 is 10.5 Å². The fourth-order valence-corrected chi connectivity index (χ4v) is 3.44. The van der Waals surface area contributed by atoms with Crippen molar-refractivity contribution in [3.05, 3.63) is 28.2 Å². The molecular weight excluding hydrogens is 314 g/mol. The van der Waals surface area contributed by atoms with Gasteiger partial charge in [0.15, 0.2) is 0 Å². The van der Waals surface area contributed by atoms with Crippen LogP contribution in [0.1, 0.15) is 45.6 Å². The summed E-state index contributed by atoms with van der Waals surface area (Å²) in [4.78, 5) is 0. The van der Waals surface area contributed by atoms with Gasteiger partial charge in [-0.15, -0.1) is 0 Å². The maximum absolute atomic E-state index is 6.24. The molecule has 2 N–H and O–H groups in total. The van der Waals surface area contributed by atoms with E-state index in [1.165, 1.54) is 19.3 Å². The molecular formula is C17H26BrNO. The topological polar surface area (TPSA) is 35.2 Å². The normalized spacial score (nSPS) is 26.9. The first-order valence-electron chi connectivity index (χ1n) is 7.63. The van der Waals surface area contributed by atoms with Crippen LogP contribution in [-0.2, 0) is 11.3 Å². The second-order valence-electron chi connectivity index (χ2n) is 6.53. The van der Waals surface area contributed by atoms with Crippen LogP contribution in [0.15, 0.2) is 22.7 Å². The highest BCUT2D eigenvalue weighted by atomic mass is 79.9. The van der Waals surface area contributed by atoms with E-state index in [-0.39, 0.29) is 0 Å². The maximum atomic E-state index is 6.24. The van der Waals surface area contributed by atoms with Crippen molar-refractivity contribution in [2.45, 2.75) is 52.7 Å². The Balaban J connectivity index is 1.98. The summed E-state index contributed by atoms with van der Waals surface area (Å²) in [5.74, 6) is 2.17. The number of halogens is 1. The summed E-state index contributed by atoms with van der Waals surface area (Å²) in [5.41, 5.74) is 7.86. The van der Waals surface area contributed by atoms with Crippen LogP contribution < -0.4 is 5.73 Å². The Labute approximate surface area is 131 Å². The van der Waals surface area contributed by atoms with E-state index < -0.39 is 0 Å². The highest BCUT2D eigenvalue weighted by Gasteiger charge is 2.31. The van der Waals surface area contributed by atoms with E-state index in [1.807, 2.05) is 12.1 Å². The molecule has 2 rings (SSSR count). The number of hydrogen-bond donors (Lipinski definition) is 1. The van der Waals surface area contributed by atoms with Crippen LogP contribution in [0.25, 0.3) is 0 Å². The molecule has 0 heterocycles. The SMILES string of the molecule is CC1CCC(C(C)C)C(OCc2ccc(Br)c(N)c2)C1. The lowest BCUT2D eigenvalue weighted by Crippen LogP contribution is -2.34. The second kappa shape index (κ2) is 6.95. The number of anilines is 1. The lowest BCUT2D eigenvalue weighted by Gasteiger charge is -2.37. The Kier molecular flexibility index (Phi) is 5.50. The molecule has 0 spiro atoms. The summed E-state index contributed by atoms with van der Waals surface area (Å²) >= 11 is 3.43. The van der Waals surface area contributed by atoms with Crippen LogP contribution in [0.5, 0.6) is 0 Å². The summed E-state index contributed by atoms with van der Waals surface area (Å²) in [7, 11) is 0. The monoisotopic (exact) mass is 339 g/mol. The minimum atomic E-state index is 0.392. The molecule has 0 radical (unpaired) electrons. The Morgan fingerprint density at radius 1 is 1.35 bits per heavy atom. The van der Waals surface area contributed by atoms with Gasteiger partial charge in [0, 0.05) is 10.2 Å². The van der Waals surface area contributed by atoms with E-state index in [0.29, 0.717) is 24.5 Å². The van der Waals surface area contributed by atoms with Crippen molar-refractivity contribution in [1.82, 2.24) is 0 Å². The number of benzene rings is 1. The van der Waals surface area contributed by atoms with E-state index in [4.69, 9.17) is 10.5 Å². The van der Waals surface area contributed by atoms with Crippen molar-refractivity contribution in [3.63, 3.8) is 0 Å². The van der Waals surface area contributed by atoms with E-state index in [0.717, 1.165) is 21.6 Å². The van der Waals surface area contributed by atoms with Gasteiger partial charge in [0.25, 0.3) is 0 Å². The van der Waals surface area contributed by atoms with Crippen molar-refractivity contribution in [2.75, 3.05) is 5.73 Å². The molecule has 0 aromatic heterocycles. The minimum Gasteiger partial charge on any atom is -0.398 e.